The summed E-state index contributed by atoms with van der Waals surface area (Å²) in [6.45, 7) is 0.0920. The Hall–Kier alpha value is -1.50. The molecule has 1 heterocycles. The smallest absolute Gasteiger partial charge is 0.212 e. The van der Waals surface area contributed by atoms with Crippen molar-refractivity contribution in [3.8, 4) is 5.75 Å². The highest BCUT2D eigenvalue weighted by Gasteiger charge is 2.10. The molecule has 0 radical (unpaired) electrons. The van der Waals surface area contributed by atoms with Crippen LogP contribution in [0, 0.1) is 5.82 Å². The van der Waals surface area contributed by atoms with Crippen molar-refractivity contribution in [2.24, 2.45) is 7.05 Å². The maximum atomic E-state index is 13.5. The first-order chi connectivity index (χ1) is 8.20. The minimum absolute atomic E-state index is 0.0920. The standard InChI is InChI=1S/C10H10BrFN4O/c1-16-14-9(13-15-16)6-17-10-7(5-11)3-2-4-8(10)12/h2-4H,5-6H2,1H3. The first-order valence-electron chi connectivity index (χ1n) is 4.89. The van der Waals surface area contributed by atoms with Gasteiger partial charge in [0.2, 0.25) is 5.82 Å². The second-order valence-corrected chi connectivity index (χ2v) is 3.91. The third kappa shape index (κ3) is 2.79. The molecule has 1 aromatic heterocycles. The van der Waals surface area contributed by atoms with E-state index in [1.54, 1.807) is 19.2 Å². The Morgan fingerprint density at radius 2 is 2.29 bits per heavy atom. The first-order valence-corrected chi connectivity index (χ1v) is 6.02. The maximum Gasteiger partial charge on any atom is 0.212 e. The summed E-state index contributed by atoms with van der Waals surface area (Å²) >= 11 is 3.28. The van der Waals surface area contributed by atoms with E-state index in [-0.39, 0.29) is 12.4 Å². The van der Waals surface area contributed by atoms with Crippen LogP contribution in [0.5, 0.6) is 5.75 Å². The summed E-state index contributed by atoms with van der Waals surface area (Å²) in [5, 5.41) is 11.9. The van der Waals surface area contributed by atoms with Crippen LogP contribution in [-0.2, 0) is 19.0 Å². The Morgan fingerprint density at radius 3 is 2.94 bits per heavy atom. The van der Waals surface area contributed by atoms with Crippen LogP contribution < -0.4 is 4.74 Å². The maximum absolute atomic E-state index is 13.5. The second kappa shape index (κ2) is 5.22. The highest BCUT2D eigenvalue weighted by atomic mass is 79.9. The lowest BCUT2D eigenvalue weighted by atomic mass is 10.2. The summed E-state index contributed by atoms with van der Waals surface area (Å²) in [6, 6.07) is 4.78. The van der Waals surface area contributed by atoms with Crippen LogP contribution in [0.4, 0.5) is 4.39 Å². The second-order valence-electron chi connectivity index (χ2n) is 3.35. The van der Waals surface area contributed by atoms with E-state index < -0.39 is 5.82 Å². The van der Waals surface area contributed by atoms with Gasteiger partial charge in [0.15, 0.2) is 18.2 Å². The SMILES string of the molecule is Cn1nnc(COc2c(F)cccc2CBr)n1. The molecule has 5 nitrogen and oxygen atoms in total. The topological polar surface area (TPSA) is 52.8 Å². The molecule has 0 aliphatic rings. The molecule has 2 rings (SSSR count). The van der Waals surface area contributed by atoms with Gasteiger partial charge in [-0.1, -0.05) is 28.1 Å². The van der Waals surface area contributed by atoms with E-state index in [9.17, 15) is 4.39 Å². The molecule has 2 aromatic rings. The molecule has 0 atom stereocenters. The highest BCUT2D eigenvalue weighted by Crippen LogP contribution is 2.25. The van der Waals surface area contributed by atoms with Crippen LogP contribution in [0.3, 0.4) is 0 Å². The van der Waals surface area contributed by atoms with Crippen molar-refractivity contribution >= 4 is 15.9 Å². The molecule has 7 heteroatoms. The van der Waals surface area contributed by atoms with Crippen LogP contribution in [0.25, 0.3) is 0 Å². The highest BCUT2D eigenvalue weighted by molar-refractivity contribution is 9.08. The zero-order valence-corrected chi connectivity index (χ0v) is 10.7. The minimum Gasteiger partial charge on any atom is -0.482 e. The van der Waals surface area contributed by atoms with Gasteiger partial charge in [0, 0.05) is 10.9 Å². The van der Waals surface area contributed by atoms with Crippen molar-refractivity contribution in [1.82, 2.24) is 20.2 Å². The van der Waals surface area contributed by atoms with E-state index in [2.05, 4.69) is 31.3 Å². The van der Waals surface area contributed by atoms with Gasteiger partial charge >= 0.3 is 0 Å². The fourth-order valence-electron chi connectivity index (χ4n) is 1.34. The quantitative estimate of drug-likeness (QED) is 0.808. The molecule has 0 saturated heterocycles. The van der Waals surface area contributed by atoms with Crippen LogP contribution in [0.2, 0.25) is 0 Å². The van der Waals surface area contributed by atoms with E-state index in [0.717, 1.165) is 5.56 Å². The Bertz CT molecular complexity index is 517. The Balaban J connectivity index is 2.13. The lowest BCUT2D eigenvalue weighted by Crippen LogP contribution is -2.02. The molecule has 0 N–H and O–H groups in total. The number of hydrogen-bond donors (Lipinski definition) is 0. The molecule has 0 aliphatic carbocycles. The number of ether oxygens (including phenoxy) is 1. The van der Waals surface area contributed by atoms with Crippen LogP contribution >= 0.6 is 15.9 Å². The summed E-state index contributed by atoms with van der Waals surface area (Å²) in [7, 11) is 1.66. The molecule has 1 aromatic carbocycles. The van der Waals surface area contributed by atoms with Gasteiger partial charge in [-0.05, 0) is 11.3 Å². The molecule has 0 bridgehead atoms. The molecule has 0 spiro atoms. The number of hydrogen-bond acceptors (Lipinski definition) is 4. The van der Waals surface area contributed by atoms with Crippen molar-refractivity contribution in [2.75, 3.05) is 0 Å². The van der Waals surface area contributed by atoms with E-state index in [1.165, 1.54) is 10.9 Å². The number of rotatable bonds is 4. The number of benzene rings is 1. The predicted molar refractivity (Wildman–Crippen MR) is 62.2 cm³/mol. The van der Waals surface area contributed by atoms with Gasteiger partial charge in [0.05, 0.1) is 7.05 Å². The number of para-hydroxylation sites is 1. The fourth-order valence-corrected chi connectivity index (χ4v) is 1.78. The normalized spacial score (nSPS) is 10.5. The average molecular weight is 301 g/mol. The number of alkyl halides is 1. The van der Waals surface area contributed by atoms with Gasteiger partial charge in [0.25, 0.3) is 0 Å². The zero-order chi connectivity index (χ0) is 12.3. The van der Waals surface area contributed by atoms with E-state index >= 15 is 0 Å². The molecule has 0 aliphatic heterocycles. The number of halogens is 2. The third-order valence-electron chi connectivity index (χ3n) is 2.09. The van der Waals surface area contributed by atoms with E-state index in [4.69, 9.17) is 4.74 Å². The molecule has 0 fully saturated rings. The summed E-state index contributed by atoms with van der Waals surface area (Å²) in [6.07, 6.45) is 0. The summed E-state index contributed by atoms with van der Waals surface area (Å²) in [5.74, 6) is 0.235. The summed E-state index contributed by atoms with van der Waals surface area (Å²) < 4.78 is 18.9. The first kappa shape index (κ1) is 12.0. The largest absolute Gasteiger partial charge is 0.482 e. The van der Waals surface area contributed by atoms with Gasteiger partial charge < -0.3 is 4.74 Å². The Kier molecular flexibility index (Phi) is 3.68. The molecule has 0 unspecified atom stereocenters. The van der Waals surface area contributed by atoms with Crippen molar-refractivity contribution in [1.29, 1.82) is 0 Å². The minimum atomic E-state index is -0.397. The van der Waals surface area contributed by atoms with Crippen molar-refractivity contribution in [2.45, 2.75) is 11.9 Å². The molecule has 90 valence electrons. The predicted octanol–water partition coefficient (Wildman–Crippen LogP) is 1.82. The van der Waals surface area contributed by atoms with Crippen LogP contribution in [-0.4, -0.2) is 20.2 Å². The zero-order valence-electron chi connectivity index (χ0n) is 9.10. The fraction of sp³-hybridized carbons (Fsp3) is 0.300. The summed E-state index contributed by atoms with van der Waals surface area (Å²) in [5.41, 5.74) is 0.744. The van der Waals surface area contributed by atoms with Crippen LogP contribution in [0.15, 0.2) is 18.2 Å². The van der Waals surface area contributed by atoms with Gasteiger partial charge in [0.1, 0.15) is 0 Å². The lowest BCUT2D eigenvalue weighted by Gasteiger charge is -2.08. The van der Waals surface area contributed by atoms with E-state index in [1.807, 2.05) is 0 Å². The molecular weight excluding hydrogens is 291 g/mol. The lowest BCUT2D eigenvalue weighted by molar-refractivity contribution is 0.278. The number of nitrogens with zero attached hydrogens (tertiary/aromatic N) is 4. The van der Waals surface area contributed by atoms with Crippen molar-refractivity contribution in [3.05, 3.63) is 35.4 Å². The van der Waals surface area contributed by atoms with Gasteiger partial charge in [-0.15, -0.1) is 10.2 Å². The number of tetrazole rings is 1. The van der Waals surface area contributed by atoms with Crippen molar-refractivity contribution < 1.29 is 9.13 Å². The Morgan fingerprint density at radius 1 is 1.47 bits per heavy atom. The van der Waals surface area contributed by atoms with Crippen molar-refractivity contribution in [3.63, 3.8) is 0 Å². The van der Waals surface area contributed by atoms with E-state index in [0.29, 0.717) is 11.2 Å². The number of aryl methyl sites for hydroxylation is 1. The molecular formula is C10H10BrFN4O. The van der Waals surface area contributed by atoms with Gasteiger partial charge in [-0.25, -0.2) is 4.39 Å². The number of aromatic nitrogens is 4. The van der Waals surface area contributed by atoms with Crippen LogP contribution in [0.1, 0.15) is 11.4 Å². The molecule has 0 saturated carbocycles. The van der Waals surface area contributed by atoms with Gasteiger partial charge in [-0.3, -0.25) is 0 Å². The molecule has 0 amide bonds. The third-order valence-corrected chi connectivity index (χ3v) is 2.69. The average Bonchev–Trinajstić information content (AvgIpc) is 2.73. The monoisotopic (exact) mass is 300 g/mol. The van der Waals surface area contributed by atoms with Gasteiger partial charge in [-0.2, -0.15) is 4.80 Å². The molecule has 17 heavy (non-hydrogen) atoms. The summed E-state index contributed by atoms with van der Waals surface area (Å²) in [4.78, 5) is 1.32. The Labute approximate surface area is 106 Å².